The summed E-state index contributed by atoms with van der Waals surface area (Å²) in [5, 5.41) is 0. The van der Waals surface area contributed by atoms with Crippen molar-refractivity contribution in [1.29, 1.82) is 0 Å². The maximum Gasteiger partial charge on any atom is 0.331 e. The molecule has 8 atom stereocenters. The Morgan fingerprint density at radius 1 is 1.11 bits per heavy atom. The van der Waals surface area contributed by atoms with Gasteiger partial charge in [-0.25, -0.2) is 4.79 Å². The predicted molar refractivity (Wildman–Crippen MR) is 133 cm³/mol. The molecule has 1 saturated carbocycles. The van der Waals surface area contributed by atoms with Crippen LogP contribution in [0.5, 0.6) is 0 Å². The summed E-state index contributed by atoms with van der Waals surface area (Å²) in [5.74, 6) is -4.21. The molecule has 1 aliphatic heterocycles. The zero-order chi connectivity index (χ0) is 27.3. The second-order valence-electron chi connectivity index (χ2n) is 10.5. The first kappa shape index (κ1) is 29.6. The SMILES string of the molecule is C=C1C(OC(=O)C=C(C)CC)CC(C(C)C)C2C(C(C)OC(C)=O)C(=O)OC(OC(=O)C(C)CC)C12. The monoisotopic (exact) mass is 506 g/mol. The molecular formula is C28H42O8. The topological polar surface area (TPSA) is 105 Å². The fourth-order valence-electron chi connectivity index (χ4n) is 5.21. The Bertz CT molecular complexity index is 888. The van der Waals surface area contributed by atoms with Crippen molar-refractivity contribution in [2.45, 2.75) is 93.2 Å². The highest BCUT2D eigenvalue weighted by Crippen LogP contribution is 2.52. The summed E-state index contributed by atoms with van der Waals surface area (Å²) in [6, 6.07) is 0. The molecule has 0 aromatic heterocycles. The van der Waals surface area contributed by atoms with Gasteiger partial charge in [-0.05, 0) is 56.4 Å². The van der Waals surface area contributed by atoms with Crippen LogP contribution < -0.4 is 0 Å². The van der Waals surface area contributed by atoms with Gasteiger partial charge in [-0.3, -0.25) is 14.4 Å². The van der Waals surface area contributed by atoms with E-state index in [1.807, 2.05) is 34.6 Å². The van der Waals surface area contributed by atoms with E-state index in [9.17, 15) is 19.2 Å². The lowest BCUT2D eigenvalue weighted by Gasteiger charge is -2.52. The van der Waals surface area contributed by atoms with Gasteiger partial charge >= 0.3 is 23.9 Å². The summed E-state index contributed by atoms with van der Waals surface area (Å²) in [6.45, 7) is 18.7. The number of cyclic esters (lactones) is 1. The number of hydrogen-bond acceptors (Lipinski definition) is 8. The molecule has 0 aromatic rings. The van der Waals surface area contributed by atoms with Crippen LogP contribution >= 0.6 is 0 Å². The van der Waals surface area contributed by atoms with Gasteiger partial charge < -0.3 is 18.9 Å². The average Bonchev–Trinajstić information content (AvgIpc) is 2.78. The summed E-state index contributed by atoms with van der Waals surface area (Å²) in [5.41, 5.74) is 1.42. The maximum absolute atomic E-state index is 13.3. The van der Waals surface area contributed by atoms with Crippen LogP contribution in [-0.2, 0) is 38.1 Å². The number of esters is 4. The van der Waals surface area contributed by atoms with Gasteiger partial charge in [0.2, 0.25) is 0 Å². The van der Waals surface area contributed by atoms with E-state index in [0.717, 1.165) is 12.0 Å². The quantitative estimate of drug-likeness (QED) is 0.191. The van der Waals surface area contributed by atoms with Crippen molar-refractivity contribution in [2.75, 3.05) is 0 Å². The summed E-state index contributed by atoms with van der Waals surface area (Å²) < 4.78 is 22.7. The summed E-state index contributed by atoms with van der Waals surface area (Å²) in [6.07, 6.45) is 0.614. The first-order valence-corrected chi connectivity index (χ1v) is 13.0. The molecular weight excluding hydrogens is 464 g/mol. The van der Waals surface area contributed by atoms with Crippen LogP contribution in [0.4, 0.5) is 0 Å². The van der Waals surface area contributed by atoms with Crippen LogP contribution in [0.15, 0.2) is 23.8 Å². The molecule has 8 unspecified atom stereocenters. The van der Waals surface area contributed by atoms with E-state index in [1.165, 1.54) is 13.0 Å². The summed E-state index contributed by atoms with van der Waals surface area (Å²) >= 11 is 0. The fraction of sp³-hybridized carbons (Fsp3) is 0.714. The van der Waals surface area contributed by atoms with Crippen molar-refractivity contribution in [3.05, 3.63) is 23.8 Å². The van der Waals surface area contributed by atoms with Gasteiger partial charge in [0.05, 0.1) is 17.8 Å². The molecule has 8 nitrogen and oxygen atoms in total. The van der Waals surface area contributed by atoms with Crippen LogP contribution in [0.1, 0.15) is 74.7 Å². The predicted octanol–water partition coefficient (Wildman–Crippen LogP) is 4.76. The lowest BCUT2D eigenvalue weighted by atomic mass is 9.58. The molecule has 0 N–H and O–H groups in total. The van der Waals surface area contributed by atoms with Crippen molar-refractivity contribution < 1.29 is 38.1 Å². The van der Waals surface area contributed by atoms with Gasteiger partial charge in [0.1, 0.15) is 12.2 Å². The Morgan fingerprint density at radius 2 is 1.75 bits per heavy atom. The summed E-state index contributed by atoms with van der Waals surface area (Å²) in [7, 11) is 0. The zero-order valence-corrected chi connectivity index (χ0v) is 22.9. The van der Waals surface area contributed by atoms with Crippen molar-refractivity contribution in [2.24, 2.45) is 35.5 Å². The van der Waals surface area contributed by atoms with Gasteiger partial charge in [0.15, 0.2) is 0 Å². The van der Waals surface area contributed by atoms with E-state index >= 15 is 0 Å². The second kappa shape index (κ2) is 12.5. The zero-order valence-electron chi connectivity index (χ0n) is 22.9. The molecule has 0 spiro atoms. The normalized spacial score (nSPS) is 30.1. The number of rotatable bonds is 9. The molecule has 1 aliphatic carbocycles. The number of fused-ring (bicyclic) bond motifs is 1. The fourth-order valence-corrected chi connectivity index (χ4v) is 5.21. The van der Waals surface area contributed by atoms with Crippen LogP contribution in [0, 0.1) is 35.5 Å². The van der Waals surface area contributed by atoms with E-state index in [4.69, 9.17) is 18.9 Å². The van der Waals surface area contributed by atoms with Crippen LogP contribution in [0.3, 0.4) is 0 Å². The van der Waals surface area contributed by atoms with Crippen molar-refractivity contribution in [1.82, 2.24) is 0 Å². The number of hydrogen-bond donors (Lipinski definition) is 0. The van der Waals surface area contributed by atoms with E-state index in [2.05, 4.69) is 6.58 Å². The molecule has 0 bridgehead atoms. The minimum absolute atomic E-state index is 0.0866. The minimum Gasteiger partial charge on any atom is -0.462 e. The third kappa shape index (κ3) is 6.77. The van der Waals surface area contributed by atoms with Crippen molar-refractivity contribution in [3.63, 3.8) is 0 Å². The Kier molecular flexibility index (Phi) is 10.3. The molecule has 8 heteroatoms. The van der Waals surface area contributed by atoms with Gasteiger partial charge in [-0.15, -0.1) is 0 Å². The number of allylic oxidation sites excluding steroid dienone is 1. The van der Waals surface area contributed by atoms with E-state index in [0.29, 0.717) is 18.4 Å². The van der Waals surface area contributed by atoms with E-state index in [1.54, 1.807) is 13.8 Å². The lowest BCUT2D eigenvalue weighted by molar-refractivity contribution is -0.236. The number of ether oxygens (including phenoxy) is 4. The van der Waals surface area contributed by atoms with Crippen LogP contribution in [0.2, 0.25) is 0 Å². The highest BCUT2D eigenvalue weighted by atomic mass is 16.7. The third-order valence-electron chi connectivity index (χ3n) is 7.59. The van der Waals surface area contributed by atoms with Crippen molar-refractivity contribution in [3.8, 4) is 0 Å². The van der Waals surface area contributed by atoms with Gasteiger partial charge in [0, 0.05) is 13.0 Å². The highest BCUT2D eigenvalue weighted by molar-refractivity contribution is 5.83. The maximum atomic E-state index is 13.3. The molecule has 0 aromatic carbocycles. The first-order valence-electron chi connectivity index (χ1n) is 13.0. The minimum atomic E-state index is -1.20. The van der Waals surface area contributed by atoms with Gasteiger partial charge in [0.25, 0.3) is 6.29 Å². The Labute approximate surface area is 214 Å². The largest absolute Gasteiger partial charge is 0.462 e. The van der Waals surface area contributed by atoms with E-state index in [-0.39, 0.29) is 23.7 Å². The standard InChI is InChI=1S/C28H42O8/c1-10-15(5)12-22(30)34-21-13-20(14(3)4)25-23(17(21)7)28(35-26(31)16(6)11-2)36-27(32)24(25)18(8)33-19(9)29/h12,14,16,18,20-21,23-25,28H,7,10-11,13H2,1-6,8-9H3. The molecule has 2 rings (SSSR count). The number of carbonyl (C=O) groups is 4. The lowest BCUT2D eigenvalue weighted by Crippen LogP contribution is -2.58. The highest BCUT2D eigenvalue weighted by Gasteiger charge is 2.58. The summed E-state index contributed by atoms with van der Waals surface area (Å²) in [4.78, 5) is 50.3. The van der Waals surface area contributed by atoms with Crippen LogP contribution in [0.25, 0.3) is 0 Å². The van der Waals surface area contributed by atoms with Crippen molar-refractivity contribution >= 4 is 23.9 Å². The molecule has 36 heavy (non-hydrogen) atoms. The Morgan fingerprint density at radius 3 is 2.28 bits per heavy atom. The first-order chi connectivity index (χ1) is 16.8. The van der Waals surface area contributed by atoms with Crippen LogP contribution in [-0.4, -0.2) is 42.4 Å². The number of carbonyl (C=O) groups excluding carboxylic acids is 4. The average molecular weight is 507 g/mol. The van der Waals surface area contributed by atoms with Gasteiger partial charge in [-0.1, -0.05) is 46.8 Å². The molecule has 1 saturated heterocycles. The molecule has 1 heterocycles. The molecule has 2 aliphatic rings. The molecule has 0 radical (unpaired) electrons. The Hall–Kier alpha value is -2.64. The smallest absolute Gasteiger partial charge is 0.331 e. The Balaban J connectivity index is 2.52. The van der Waals surface area contributed by atoms with Gasteiger partial charge in [-0.2, -0.15) is 0 Å². The van der Waals surface area contributed by atoms with E-state index < -0.39 is 54.2 Å². The molecule has 202 valence electrons. The third-order valence-corrected chi connectivity index (χ3v) is 7.59. The molecule has 2 fully saturated rings. The molecule has 0 amide bonds. The second-order valence-corrected chi connectivity index (χ2v) is 10.5.